The normalized spacial score (nSPS) is 19.6. The lowest BCUT2D eigenvalue weighted by Crippen LogP contribution is -2.48. The van der Waals surface area contributed by atoms with Gasteiger partial charge in [-0.25, -0.2) is 0 Å². The van der Waals surface area contributed by atoms with Crippen LogP contribution in [0, 0.1) is 13.8 Å². The average molecular weight is 507 g/mol. The molecule has 2 unspecified atom stereocenters. The van der Waals surface area contributed by atoms with E-state index in [9.17, 15) is 9.59 Å². The molecule has 1 fully saturated rings. The zero-order valence-electron chi connectivity index (χ0n) is 20.0. The van der Waals surface area contributed by atoms with Crippen LogP contribution in [-0.4, -0.2) is 36.1 Å². The average Bonchev–Trinajstić information content (AvgIpc) is 2.78. The van der Waals surface area contributed by atoms with Gasteiger partial charge in [-0.1, -0.05) is 23.2 Å². The van der Waals surface area contributed by atoms with E-state index in [1.807, 2.05) is 13.8 Å². The van der Waals surface area contributed by atoms with Crippen molar-refractivity contribution in [1.82, 2.24) is 10.6 Å². The lowest BCUT2D eigenvalue weighted by Gasteiger charge is -2.31. The first-order valence-electron chi connectivity index (χ1n) is 11.6. The van der Waals surface area contributed by atoms with Crippen LogP contribution in [0.5, 0.6) is 11.5 Å². The van der Waals surface area contributed by atoms with Crippen molar-refractivity contribution in [2.45, 2.75) is 77.7 Å². The van der Waals surface area contributed by atoms with Crippen LogP contribution in [0.2, 0.25) is 10.0 Å². The summed E-state index contributed by atoms with van der Waals surface area (Å²) in [5, 5.41) is 7.41. The van der Waals surface area contributed by atoms with Crippen molar-refractivity contribution in [3.05, 3.63) is 57.6 Å². The van der Waals surface area contributed by atoms with Gasteiger partial charge in [-0.15, -0.1) is 0 Å². The van der Waals surface area contributed by atoms with Gasteiger partial charge in [-0.3, -0.25) is 9.59 Å². The molecule has 0 bridgehead atoms. The smallest absolute Gasteiger partial charge is 0.260 e. The summed E-state index contributed by atoms with van der Waals surface area (Å²) >= 11 is 12.0. The molecule has 0 saturated heterocycles. The summed E-state index contributed by atoms with van der Waals surface area (Å²) in [6.07, 6.45) is 1.91. The minimum atomic E-state index is -0.619. The van der Waals surface area contributed by atoms with Crippen molar-refractivity contribution >= 4 is 35.0 Å². The number of hydrogen-bond acceptors (Lipinski definition) is 4. The van der Waals surface area contributed by atoms with Crippen molar-refractivity contribution in [2.75, 3.05) is 0 Å². The first kappa shape index (κ1) is 26.2. The minimum Gasteiger partial charge on any atom is -0.481 e. The van der Waals surface area contributed by atoms with E-state index in [-0.39, 0.29) is 23.9 Å². The van der Waals surface area contributed by atoms with Crippen LogP contribution in [-0.2, 0) is 9.59 Å². The Morgan fingerprint density at radius 3 is 1.44 bits per heavy atom. The number of hydrogen-bond donors (Lipinski definition) is 2. The maximum atomic E-state index is 12.6. The number of carbonyl (C=O) groups excluding carboxylic acids is 2. The van der Waals surface area contributed by atoms with E-state index in [0.717, 1.165) is 36.8 Å². The summed E-state index contributed by atoms with van der Waals surface area (Å²) in [6.45, 7) is 7.26. The predicted octanol–water partition coefficient (Wildman–Crippen LogP) is 5.39. The summed E-state index contributed by atoms with van der Waals surface area (Å²) in [5.74, 6) is 0.983. The van der Waals surface area contributed by atoms with Crippen LogP contribution in [0.1, 0.15) is 50.7 Å². The molecule has 0 spiro atoms. The molecular weight excluding hydrogens is 475 g/mol. The zero-order chi connectivity index (χ0) is 24.8. The molecule has 0 aliphatic heterocycles. The van der Waals surface area contributed by atoms with Crippen molar-refractivity contribution in [2.24, 2.45) is 0 Å². The summed E-state index contributed by atoms with van der Waals surface area (Å²) in [7, 11) is 0. The number of amides is 2. The lowest BCUT2D eigenvalue weighted by atomic mass is 9.91. The molecule has 184 valence electrons. The van der Waals surface area contributed by atoms with Crippen LogP contribution >= 0.6 is 23.2 Å². The third-order valence-electron chi connectivity index (χ3n) is 6.04. The molecule has 0 radical (unpaired) electrons. The zero-order valence-corrected chi connectivity index (χ0v) is 21.5. The predicted molar refractivity (Wildman–Crippen MR) is 135 cm³/mol. The van der Waals surface area contributed by atoms with Gasteiger partial charge >= 0.3 is 0 Å². The Bertz CT molecular complexity index is 940. The monoisotopic (exact) mass is 506 g/mol. The van der Waals surface area contributed by atoms with Gasteiger partial charge in [0.15, 0.2) is 12.2 Å². The van der Waals surface area contributed by atoms with Gasteiger partial charge in [0, 0.05) is 22.1 Å². The van der Waals surface area contributed by atoms with Gasteiger partial charge < -0.3 is 20.1 Å². The maximum absolute atomic E-state index is 12.6. The summed E-state index contributed by atoms with van der Waals surface area (Å²) in [5.41, 5.74) is 1.76. The van der Waals surface area contributed by atoms with Gasteiger partial charge in [-0.05, 0) is 101 Å². The van der Waals surface area contributed by atoms with Crippen LogP contribution in [0.3, 0.4) is 0 Å². The molecule has 1 saturated carbocycles. The van der Waals surface area contributed by atoms with Gasteiger partial charge in [0.1, 0.15) is 11.5 Å². The van der Waals surface area contributed by atoms with Crippen LogP contribution in [0.15, 0.2) is 36.4 Å². The Kier molecular flexibility index (Phi) is 9.09. The first-order valence-corrected chi connectivity index (χ1v) is 12.3. The summed E-state index contributed by atoms with van der Waals surface area (Å²) in [6, 6.07) is 10.8. The highest BCUT2D eigenvalue weighted by Crippen LogP contribution is 2.25. The largest absolute Gasteiger partial charge is 0.481 e. The highest BCUT2D eigenvalue weighted by Gasteiger charge is 2.27. The Morgan fingerprint density at radius 1 is 0.765 bits per heavy atom. The standard InChI is InChI=1S/C26H32Cl2N2O4/c1-15-13-19(27)5-11-23(15)33-17(3)25(31)29-21-7-9-22(10-8-21)30-26(32)18(4)34-24-12-6-20(28)14-16(24)2/h5-6,11-14,17-18,21-22H,7-10H2,1-4H3,(H,29,31)(H,30,32). The number of aryl methyl sites for hydroxylation is 2. The molecule has 2 amide bonds. The number of benzene rings is 2. The van der Waals surface area contributed by atoms with E-state index in [1.165, 1.54) is 0 Å². The van der Waals surface area contributed by atoms with Gasteiger partial charge in [0.25, 0.3) is 11.8 Å². The molecule has 2 N–H and O–H groups in total. The third-order valence-corrected chi connectivity index (χ3v) is 6.51. The molecular formula is C26H32Cl2N2O4. The number of carbonyl (C=O) groups is 2. The van der Waals surface area contributed by atoms with Gasteiger partial charge in [0.2, 0.25) is 0 Å². The molecule has 2 aromatic carbocycles. The Morgan fingerprint density at radius 2 is 1.12 bits per heavy atom. The Labute approximate surface area is 211 Å². The van der Waals surface area contributed by atoms with E-state index < -0.39 is 12.2 Å². The summed E-state index contributed by atoms with van der Waals surface area (Å²) in [4.78, 5) is 25.2. The highest BCUT2D eigenvalue weighted by molar-refractivity contribution is 6.31. The molecule has 0 aromatic heterocycles. The minimum absolute atomic E-state index is 0.0587. The second-order valence-corrected chi connectivity index (χ2v) is 9.78. The SMILES string of the molecule is Cc1cc(Cl)ccc1OC(C)C(=O)NC1CCC(NC(=O)C(C)Oc2ccc(Cl)cc2C)CC1. The van der Waals surface area contributed by atoms with Crippen molar-refractivity contribution in [3.63, 3.8) is 0 Å². The Hall–Kier alpha value is -2.44. The number of rotatable bonds is 8. The van der Waals surface area contributed by atoms with E-state index in [1.54, 1.807) is 50.2 Å². The molecule has 34 heavy (non-hydrogen) atoms. The molecule has 1 aliphatic carbocycles. The molecule has 0 heterocycles. The van der Waals surface area contributed by atoms with Gasteiger partial charge in [-0.2, -0.15) is 0 Å². The number of nitrogens with one attached hydrogen (secondary N) is 2. The maximum Gasteiger partial charge on any atom is 0.260 e. The fourth-order valence-electron chi connectivity index (χ4n) is 4.00. The van der Waals surface area contributed by atoms with E-state index >= 15 is 0 Å². The molecule has 2 atom stereocenters. The summed E-state index contributed by atoms with van der Waals surface area (Å²) < 4.78 is 11.6. The van der Waals surface area contributed by atoms with Crippen LogP contribution in [0.25, 0.3) is 0 Å². The number of halogens is 2. The second kappa shape index (κ2) is 11.8. The van der Waals surface area contributed by atoms with Crippen molar-refractivity contribution in [3.8, 4) is 11.5 Å². The lowest BCUT2D eigenvalue weighted by molar-refractivity contribution is -0.129. The fourth-order valence-corrected chi connectivity index (χ4v) is 4.45. The molecule has 1 aliphatic rings. The molecule has 3 rings (SSSR count). The molecule has 8 heteroatoms. The fraction of sp³-hybridized carbons (Fsp3) is 0.462. The third kappa shape index (κ3) is 7.28. The van der Waals surface area contributed by atoms with Crippen molar-refractivity contribution < 1.29 is 19.1 Å². The van der Waals surface area contributed by atoms with Crippen LogP contribution < -0.4 is 20.1 Å². The van der Waals surface area contributed by atoms with Gasteiger partial charge in [0.05, 0.1) is 0 Å². The highest BCUT2D eigenvalue weighted by atomic mass is 35.5. The topological polar surface area (TPSA) is 76.7 Å². The Balaban J connectivity index is 1.41. The number of ether oxygens (including phenoxy) is 2. The molecule has 6 nitrogen and oxygen atoms in total. The molecule has 2 aromatic rings. The van der Waals surface area contributed by atoms with Crippen molar-refractivity contribution in [1.29, 1.82) is 0 Å². The van der Waals surface area contributed by atoms with E-state index in [2.05, 4.69) is 10.6 Å². The second-order valence-electron chi connectivity index (χ2n) is 8.91. The van der Waals surface area contributed by atoms with E-state index in [4.69, 9.17) is 32.7 Å². The quantitative estimate of drug-likeness (QED) is 0.503. The first-order chi connectivity index (χ1) is 16.1. The van der Waals surface area contributed by atoms with Crippen LogP contribution in [0.4, 0.5) is 0 Å². The van der Waals surface area contributed by atoms with E-state index in [0.29, 0.717) is 21.5 Å².